The lowest BCUT2D eigenvalue weighted by molar-refractivity contribution is 0.161. The molecule has 2 aliphatic rings. The van der Waals surface area contributed by atoms with Crippen LogP contribution in [0.3, 0.4) is 0 Å². The van der Waals surface area contributed by atoms with Gasteiger partial charge in [0.25, 0.3) is 0 Å². The summed E-state index contributed by atoms with van der Waals surface area (Å²) in [6.07, 6.45) is 5.10. The molecule has 0 bridgehead atoms. The van der Waals surface area contributed by atoms with Gasteiger partial charge in [0.05, 0.1) is 17.5 Å². The zero-order chi connectivity index (χ0) is 20.1. The molecular weight excluding hydrogens is 382 g/mol. The van der Waals surface area contributed by atoms with E-state index < -0.39 is 10.0 Å². The highest BCUT2D eigenvalue weighted by Crippen LogP contribution is 2.47. The molecule has 0 radical (unpaired) electrons. The molecule has 2 aromatic carbocycles. The Labute approximate surface area is 172 Å². The number of fused-ring (bicyclic) bond motifs is 3. The molecule has 1 spiro atoms. The van der Waals surface area contributed by atoms with Crippen molar-refractivity contribution in [2.24, 2.45) is 0 Å². The van der Waals surface area contributed by atoms with Crippen LogP contribution in [0, 0.1) is 0 Å². The van der Waals surface area contributed by atoms with Gasteiger partial charge in [0.1, 0.15) is 0 Å². The number of pyridine rings is 1. The lowest BCUT2D eigenvalue weighted by Gasteiger charge is -2.40. The van der Waals surface area contributed by atoms with E-state index in [1.807, 2.05) is 30.5 Å². The third-order valence-corrected chi connectivity index (χ3v) is 7.64. The average molecular weight is 408 g/mol. The first kappa shape index (κ1) is 18.6. The Bertz CT molecular complexity index is 1160. The van der Waals surface area contributed by atoms with Crippen LogP contribution >= 0.6 is 0 Å². The van der Waals surface area contributed by atoms with Crippen molar-refractivity contribution >= 4 is 26.6 Å². The molecule has 6 heteroatoms. The van der Waals surface area contributed by atoms with Crippen molar-refractivity contribution in [1.82, 2.24) is 9.88 Å². The first-order chi connectivity index (χ1) is 14.0. The molecule has 0 aliphatic carbocycles. The van der Waals surface area contributed by atoms with Gasteiger partial charge in [0.15, 0.2) is 0 Å². The monoisotopic (exact) mass is 407 g/mol. The molecule has 1 saturated heterocycles. The summed E-state index contributed by atoms with van der Waals surface area (Å²) in [5.74, 6) is 0. The number of piperidine rings is 1. The van der Waals surface area contributed by atoms with Crippen LogP contribution in [0.4, 0.5) is 5.69 Å². The van der Waals surface area contributed by atoms with Gasteiger partial charge in [-0.3, -0.25) is 14.2 Å². The molecule has 0 amide bonds. The van der Waals surface area contributed by atoms with E-state index in [0.717, 1.165) is 43.7 Å². The molecule has 3 heterocycles. The van der Waals surface area contributed by atoms with Crippen molar-refractivity contribution in [2.45, 2.75) is 24.8 Å². The van der Waals surface area contributed by atoms with Crippen LogP contribution in [0.1, 0.15) is 24.0 Å². The van der Waals surface area contributed by atoms with Gasteiger partial charge in [-0.1, -0.05) is 42.5 Å². The van der Waals surface area contributed by atoms with Gasteiger partial charge in [0.2, 0.25) is 10.0 Å². The molecule has 5 nitrogen and oxygen atoms in total. The number of rotatable bonds is 3. The number of benzene rings is 2. The molecule has 3 aromatic rings. The van der Waals surface area contributed by atoms with Gasteiger partial charge in [-0.05, 0) is 49.2 Å². The normalized spacial score (nSPS) is 19.0. The molecule has 2 aliphatic heterocycles. The van der Waals surface area contributed by atoms with Crippen LogP contribution in [-0.2, 0) is 22.0 Å². The van der Waals surface area contributed by atoms with Crippen LogP contribution in [0.25, 0.3) is 10.9 Å². The second kappa shape index (κ2) is 6.82. The Morgan fingerprint density at radius 1 is 1.00 bits per heavy atom. The maximum atomic E-state index is 12.4. The van der Waals surface area contributed by atoms with Crippen molar-refractivity contribution in [2.75, 3.05) is 30.2 Å². The fourth-order valence-electron chi connectivity index (χ4n) is 4.98. The van der Waals surface area contributed by atoms with Gasteiger partial charge >= 0.3 is 0 Å². The van der Waals surface area contributed by atoms with Crippen LogP contribution in [-0.4, -0.2) is 44.2 Å². The molecule has 0 saturated carbocycles. The van der Waals surface area contributed by atoms with Crippen molar-refractivity contribution < 1.29 is 8.42 Å². The number of para-hydroxylation sites is 2. The summed E-state index contributed by atoms with van der Waals surface area (Å²) in [7, 11) is -3.27. The van der Waals surface area contributed by atoms with Crippen LogP contribution in [0.5, 0.6) is 0 Å². The summed E-state index contributed by atoms with van der Waals surface area (Å²) < 4.78 is 26.3. The minimum absolute atomic E-state index is 0.0762. The molecule has 1 aromatic heterocycles. The maximum absolute atomic E-state index is 12.4. The number of aromatic nitrogens is 1. The molecule has 0 atom stereocenters. The van der Waals surface area contributed by atoms with Gasteiger partial charge in [-0.15, -0.1) is 0 Å². The molecule has 29 heavy (non-hydrogen) atoms. The highest BCUT2D eigenvalue weighted by molar-refractivity contribution is 7.92. The fraction of sp³-hybridized carbons (Fsp3) is 0.348. The topological polar surface area (TPSA) is 53.5 Å². The van der Waals surface area contributed by atoms with Crippen molar-refractivity contribution in [3.8, 4) is 0 Å². The molecule has 1 fully saturated rings. The fourth-order valence-corrected chi connectivity index (χ4v) is 5.98. The van der Waals surface area contributed by atoms with Crippen molar-refractivity contribution in [3.63, 3.8) is 0 Å². The predicted octanol–water partition coefficient (Wildman–Crippen LogP) is 3.55. The number of hydrogen-bond acceptors (Lipinski definition) is 4. The first-order valence-electron chi connectivity index (χ1n) is 10.1. The Morgan fingerprint density at radius 2 is 1.76 bits per heavy atom. The number of nitrogens with zero attached hydrogens (tertiary/aromatic N) is 3. The quantitative estimate of drug-likeness (QED) is 0.666. The SMILES string of the molecule is CS(=O)(=O)N1CC2(CCN(Cc3cccc4cccnc34)CC2)c2ccccc21. The first-order valence-corrected chi connectivity index (χ1v) is 11.9. The van der Waals surface area contributed by atoms with E-state index in [0.29, 0.717) is 6.54 Å². The van der Waals surface area contributed by atoms with Crippen LogP contribution in [0.2, 0.25) is 0 Å². The summed E-state index contributed by atoms with van der Waals surface area (Å²) >= 11 is 0. The minimum atomic E-state index is -3.27. The number of likely N-dealkylation sites (tertiary alicyclic amines) is 1. The van der Waals surface area contributed by atoms with E-state index in [-0.39, 0.29) is 5.41 Å². The molecule has 0 N–H and O–H groups in total. The summed E-state index contributed by atoms with van der Waals surface area (Å²) in [6.45, 7) is 3.35. The number of sulfonamides is 1. The standard InChI is InChI=1S/C23H25N3O2S/c1-29(27,28)26-17-23(20-9-2-3-10-21(20)26)11-14-25(15-12-23)16-19-7-4-6-18-8-5-13-24-22(18)19/h2-10,13H,11-12,14-17H2,1H3. The Balaban J connectivity index is 1.38. The van der Waals surface area contributed by atoms with E-state index in [2.05, 4.69) is 40.2 Å². The zero-order valence-electron chi connectivity index (χ0n) is 16.6. The summed E-state index contributed by atoms with van der Waals surface area (Å²) in [5.41, 5.74) is 4.31. The maximum Gasteiger partial charge on any atom is 0.232 e. The van der Waals surface area contributed by atoms with Crippen molar-refractivity contribution in [1.29, 1.82) is 0 Å². The van der Waals surface area contributed by atoms with E-state index in [4.69, 9.17) is 0 Å². The third-order valence-electron chi connectivity index (χ3n) is 6.51. The second-order valence-electron chi connectivity index (χ2n) is 8.34. The van der Waals surface area contributed by atoms with Gasteiger partial charge < -0.3 is 0 Å². The summed E-state index contributed by atoms with van der Waals surface area (Å²) in [5, 5.41) is 1.17. The zero-order valence-corrected chi connectivity index (χ0v) is 17.4. The van der Waals surface area contributed by atoms with E-state index in [1.165, 1.54) is 22.8 Å². The molecule has 5 rings (SSSR count). The second-order valence-corrected chi connectivity index (χ2v) is 10.2. The van der Waals surface area contributed by atoms with E-state index in [1.54, 1.807) is 4.31 Å². The largest absolute Gasteiger partial charge is 0.299 e. The molecule has 0 unspecified atom stereocenters. The van der Waals surface area contributed by atoms with Crippen LogP contribution in [0.15, 0.2) is 60.8 Å². The van der Waals surface area contributed by atoms with E-state index in [9.17, 15) is 8.42 Å². The lowest BCUT2D eigenvalue weighted by atomic mass is 9.74. The van der Waals surface area contributed by atoms with Crippen molar-refractivity contribution in [3.05, 3.63) is 71.9 Å². The lowest BCUT2D eigenvalue weighted by Crippen LogP contribution is -2.45. The Hall–Kier alpha value is -2.44. The Morgan fingerprint density at radius 3 is 2.55 bits per heavy atom. The average Bonchev–Trinajstić information content (AvgIpc) is 3.05. The van der Waals surface area contributed by atoms with Gasteiger partial charge in [0, 0.05) is 30.1 Å². The Kier molecular flexibility index (Phi) is 4.37. The molecular formula is C23H25N3O2S. The summed E-state index contributed by atoms with van der Waals surface area (Å²) in [4.78, 5) is 7.06. The predicted molar refractivity (Wildman–Crippen MR) is 117 cm³/mol. The van der Waals surface area contributed by atoms with E-state index >= 15 is 0 Å². The highest BCUT2D eigenvalue weighted by Gasteiger charge is 2.46. The number of hydrogen-bond donors (Lipinski definition) is 0. The van der Waals surface area contributed by atoms with Gasteiger partial charge in [-0.25, -0.2) is 8.42 Å². The smallest absolute Gasteiger partial charge is 0.232 e. The molecule has 150 valence electrons. The van der Waals surface area contributed by atoms with Crippen LogP contribution < -0.4 is 4.31 Å². The number of anilines is 1. The third kappa shape index (κ3) is 3.20. The van der Waals surface area contributed by atoms with Gasteiger partial charge in [-0.2, -0.15) is 0 Å². The highest BCUT2D eigenvalue weighted by atomic mass is 32.2. The summed E-state index contributed by atoms with van der Waals surface area (Å²) in [6, 6.07) is 18.5. The minimum Gasteiger partial charge on any atom is -0.299 e.